The van der Waals surface area contributed by atoms with E-state index in [-0.39, 0.29) is 17.3 Å². The van der Waals surface area contributed by atoms with Gasteiger partial charge in [-0.3, -0.25) is 9.59 Å². The first-order valence-corrected chi connectivity index (χ1v) is 10.8. The summed E-state index contributed by atoms with van der Waals surface area (Å²) in [5.41, 5.74) is 0.543. The number of amides is 2. The summed E-state index contributed by atoms with van der Waals surface area (Å²) in [5, 5.41) is 5.55. The molecule has 0 spiro atoms. The molecular weight excluding hydrogens is 394 g/mol. The minimum atomic E-state index is -1.03. The summed E-state index contributed by atoms with van der Waals surface area (Å²) < 4.78 is 26.4. The highest BCUT2D eigenvalue weighted by Crippen LogP contribution is 2.25. The van der Waals surface area contributed by atoms with E-state index in [2.05, 4.69) is 10.6 Å². The standard InChI is InChI=1S/C22H24F2N2O2S/c23-18-11-10-16(12-19(18)24)26-22(28)17-8-4-5-9-20(17)29-14-21(27)25-13-15-6-2-1-3-7-15/h4-5,8-12,15H,1-3,6-7,13-14H2,(H,25,27)(H,26,28). The van der Waals surface area contributed by atoms with Gasteiger partial charge in [-0.2, -0.15) is 0 Å². The van der Waals surface area contributed by atoms with Crippen molar-refractivity contribution in [3.8, 4) is 0 Å². The van der Waals surface area contributed by atoms with Crippen LogP contribution in [-0.4, -0.2) is 24.1 Å². The van der Waals surface area contributed by atoms with Gasteiger partial charge in [0.2, 0.25) is 5.91 Å². The lowest BCUT2D eigenvalue weighted by Crippen LogP contribution is -2.31. The van der Waals surface area contributed by atoms with Crippen molar-refractivity contribution in [2.75, 3.05) is 17.6 Å². The Morgan fingerprint density at radius 2 is 1.76 bits per heavy atom. The first-order chi connectivity index (χ1) is 14.0. The molecule has 3 rings (SSSR count). The lowest BCUT2D eigenvalue weighted by molar-refractivity contribution is -0.118. The molecule has 1 saturated carbocycles. The van der Waals surface area contributed by atoms with Crippen molar-refractivity contribution in [3.05, 3.63) is 59.7 Å². The van der Waals surface area contributed by atoms with Crippen molar-refractivity contribution in [1.29, 1.82) is 0 Å². The number of rotatable bonds is 7. The van der Waals surface area contributed by atoms with Crippen molar-refractivity contribution < 1.29 is 18.4 Å². The number of hydrogen-bond acceptors (Lipinski definition) is 3. The summed E-state index contributed by atoms with van der Waals surface area (Å²) in [6.45, 7) is 0.706. The summed E-state index contributed by atoms with van der Waals surface area (Å²) in [6.07, 6.45) is 6.08. The van der Waals surface area contributed by atoms with Gasteiger partial charge in [0.15, 0.2) is 11.6 Å². The first kappa shape index (κ1) is 21.3. The maximum Gasteiger partial charge on any atom is 0.256 e. The maximum absolute atomic E-state index is 13.4. The van der Waals surface area contributed by atoms with Crippen LogP contribution in [0.3, 0.4) is 0 Å². The molecule has 0 atom stereocenters. The van der Waals surface area contributed by atoms with E-state index in [9.17, 15) is 18.4 Å². The third-order valence-electron chi connectivity index (χ3n) is 4.98. The molecule has 0 aliphatic heterocycles. The highest BCUT2D eigenvalue weighted by molar-refractivity contribution is 8.00. The molecule has 2 N–H and O–H groups in total. The minimum Gasteiger partial charge on any atom is -0.355 e. The number of carbonyl (C=O) groups is 2. The van der Waals surface area contributed by atoms with Crippen molar-refractivity contribution in [1.82, 2.24) is 5.32 Å². The SMILES string of the molecule is O=C(CSc1ccccc1C(=O)Nc1ccc(F)c(F)c1)NCC1CCCCC1. The summed E-state index contributed by atoms with van der Waals surface area (Å²) in [4.78, 5) is 25.4. The fourth-order valence-electron chi connectivity index (χ4n) is 3.40. The van der Waals surface area contributed by atoms with E-state index in [1.807, 2.05) is 0 Å². The van der Waals surface area contributed by atoms with Crippen molar-refractivity contribution >= 4 is 29.3 Å². The van der Waals surface area contributed by atoms with Gasteiger partial charge in [-0.05, 0) is 43.0 Å². The summed E-state index contributed by atoms with van der Waals surface area (Å²) in [7, 11) is 0. The molecule has 0 saturated heterocycles. The molecule has 1 aliphatic carbocycles. The quantitative estimate of drug-likeness (QED) is 0.622. The smallest absolute Gasteiger partial charge is 0.256 e. The fraction of sp³-hybridized carbons (Fsp3) is 0.364. The first-order valence-electron chi connectivity index (χ1n) is 9.78. The molecule has 2 aromatic rings. The van der Waals surface area contributed by atoms with Crippen LogP contribution in [0.5, 0.6) is 0 Å². The van der Waals surface area contributed by atoms with Crippen LogP contribution in [0, 0.1) is 17.6 Å². The molecule has 7 heteroatoms. The number of hydrogen-bond donors (Lipinski definition) is 2. The predicted octanol–water partition coefficient (Wildman–Crippen LogP) is 5.01. The Morgan fingerprint density at radius 3 is 2.52 bits per heavy atom. The second-order valence-corrected chi connectivity index (χ2v) is 8.19. The molecule has 0 radical (unpaired) electrons. The van der Waals surface area contributed by atoms with Crippen molar-refractivity contribution in [2.24, 2.45) is 5.92 Å². The number of anilines is 1. The van der Waals surface area contributed by atoms with Crippen LogP contribution >= 0.6 is 11.8 Å². The van der Waals surface area contributed by atoms with Crippen LogP contribution in [0.4, 0.5) is 14.5 Å². The predicted molar refractivity (Wildman–Crippen MR) is 111 cm³/mol. The van der Waals surface area contributed by atoms with Crippen LogP contribution in [0.1, 0.15) is 42.5 Å². The molecule has 0 unspecified atom stereocenters. The molecule has 0 heterocycles. The highest BCUT2D eigenvalue weighted by Gasteiger charge is 2.16. The molecule has 0 aromatic heterocycles. The summed E-state index contributed by atoms with van der Waals surface area (Å²) >= 11 is 1.28. The highest BCUT2D eigenvalue weighted by atomic mass is 32.2. The molecular formula is C22H24F2N2O2S. The average molecular weight is 419 g/mol. The molecule has 2 aromatic carbocycles. The second kappa shape index (κ2) is 10.4. The molecule has 29 heavy (non-hydrogen) atoms. The van der Waals surface area contributed by atoms with Crippen molar-refractivity contribution in [3.63, 3.8) is 0 Å². The zero-order valence-electron chi connectivity index (χ0n) is 16.0. The zero-order chi connectivity index (χ0) is 20.6. The number of thioether (sulfide) groups is 1. The molecule has 1 aliphatic rings. The van der Waals surface area contributed by atoms with Gasteiger partial charge in [-0.15, -0.1) is 11.8 Å². The van der Waals surface area contributed by atoms with Gasteiger partial charge in [0.05, 0.1) is 11.3 Å². The molecule has 0 bridgehead atoms. The lowest BCUT2D eigenvalue weighted by atomic mass is 9.89. The van der Waals surface area contributed by atoms with Gasteiger partial charge in [-0.25, -0.2) is 8.78 Å². The Hall–Kier alpha value is -2.41. The van der Waals surface area contributed by atoms with Gasteiger partial charge in [-0.1, -0.05) is 31.4 Å². The Bertz CT molecular complexity index is 870. The molecule has 2 amide bonds. The van der Waals surface area contributed by atoms with Gasteiger partial charge in [0, 0.05) is 23.2 Å². The van der Waals surface area contributed by atoms with Crippen LogP contribution in [-0.2, 0) is 4.79 Å². The largest absolute Gasteiger partial charge is 0.355 e. The van der Waals surface area contributed by atoms with E-state index >= 15 is 0 Å². The number of benzene rings is 2. The second-order valence-electron chi connectivity index (χ2n) is 7.18. The molecule has 1 fully saturated rings. The van der Waals surface area contributed by atoms with Crippen LogP contribution in [0.2, 0.25) is 0 Å². The van der Waals surface area contributed by atoms with Gasteiger partial charge >= 0.3 is 0 Å². The third-order valence-corrected chi connectivity index (χ3v) is 6.05. The number of halogens is 2. The van der Waals surface area contributed by atoms with Crippen molar-refractivity contribution in [2.45, 2.75) is 37.0 Å². The van der Waals surface area contributed by atoms with Gasteiger partial charge < -0.3 is 10.6 Å². The molecule has 4 nitrogen and oxygen atoms in total. The summed E-state index contributed by atoms with van der Waals surface area (Å²) in [6, 6.07) is 10.1. The van der Waals surface area contributed by atoms with E-state index < -0.39 is 17.5 Å². The Morgan fingerprint density at radius 1 is 1.00 bits per heavy atom. The lowest BCUT2D eigenvalue weighted by Gasteiger charge is -2.21. The van der Waals surface area contributed by atoms with Crippen LogP contribution in [0.25, 0.3) is 0 Å². The molecule has 154 valence electrons. The van der Waals surface area contributed by atoms with Gasteiger partial charge in [0.25, 0.3) is 5.91 Å². The van der Waals surface area contributed by atoms with E-state index in [0.717, 1.165) is 12.1 Å². The monoisotopic (exact) mass is 418 g/mol. The third kappa shape index (κ3) is 6.29. The summed E-state index contributed by atoms with van der Waals surface area (Å²) in [5.74, 6) is -1.73. The normalized spacial score (nSPS) is 14.4. The Kier molecular flexibility index (Phi) is 7.63. The van der Waals surface area contributed by atoms with E-state index in [1.165, 1.54) is 49.9 Å². The topological polar surface area (TPSA) is 58.2 Å². The minimum absolute atomic E-state index is 0.0589. The van der Waals surface area contributed by atoms with Crippen LogP contribution < -0.4 is 10.6 Å². The number of carbonyl (C=O) groups excluding carboxylic acids is 2. The fourth-order valence-corrected chi connectivity index (χ4v) is 4.28. The Balaban J connectivity index is 1.55. The average Bonchev–Trinajstić information content (AvgIpc) is 2.74. The number of nitrogens with one attached hydrogen (secondary N) is 2. The van der Waals surface area contributed by atoms with E-state index in [1.54, 1.807) is 24.3 Å². The Labute approximate surface area is 173 Å². The maximum atomic E-state index is 13.4. The van der Waals surface area contributed by atoms with Crippen LogP contribution in [0.15, 0.2) is 47.4 Å². The van der Waals surface area contributed by atoms with E-state index in [4.69, 9.17) is 0 Å². The van der Waals surface area contributed by atoms with Gasteiger partial charge in [0.1, 0.15) is 0 Å². The zero-order valence-corrected chi connectivity index (χ0v) is 16.9. The van der Waals surface area contributed by atoms with E-state index in [0.29, 0.717) is 22.9 Å².